The van der Waals surface area contributed by atoms with Gasteiger partial charge in [-0.25, -0.2) is 13.2 Å². The van der Waals surface area contributed by atoms with Gasteiger partial charge in [-0.1, -0.05) is 12.1 Å². The number of aromatic amines is 1. The van der Waals surface area contributed by atoms with E-state index in [0.29, 0.717) is 0 Å². The number of carbonyl (C=O) groups is 1. The molecule has 2 rings (SSSR count). The average molecular weight is 309 g/mol. The van der Waals surface area contributed by atoms with E-state index in [-0.39, 0.29) is 17.0 Å². The molecule has 112 valence electrons. The van der Waals surface area contributed by atoms with Gasteiger partial charge in [0, 0.05) is 25.4 Å². The van der Waals surface area contributed by atoms with Crippen LogP contribution in [0.2, 0.25) is 0 Å². The fourth-order valence-corrected chi connectivity index (χ4v) is 3.18. The van der Waals surface area contributed by atoms with Crippen molar-refractivity contribution in [2.75, 3.05) is 14.2 Å². The first kappa shape index (κ1) is 15.2. The summed E-state index contributed by atoms with van der Waals surface area (Å²) in [4.78, 5) is 11.6. The van der Waals surface area contributed by atoms with Crippen LogP contribution < -0.4 is 0 Å². The minimum absolute atomic E-state index is 0.0130. The van der Waals surface area contributed by atoms with Crippen LogP contribution in [0, 0.1) is 0 Å². The average Bonchev–Trinajstić information content (AvgIpc) is 2.99. The van der Waals surface area contributed by atoms with Crippen LogP contribution in [-0.4, -0.2) is 43.0 Å². The SMILES string of the molecule is COC(=O)c1ccccc1S(=O)(=O)N(C)Cc1cn[nH]c1. The van der Waals surface area contributed by atoms with Gasteiger partial charge in [0.15, 0.2) is 0 Å². The number of nitrogens with one attached hydrogen (secondary N) is 1. The lowest BCUT2D eigenvalue weighted by atomic mass is 10.2. The molecular weight excluding hydrogens is 294 g/mol. The molecule has 0 spiro atoms. The molecule has 1 aromatic carbocycles. The highest BCUT2D eigenvalue weighted by Crippen LogP contribution is 2.21. The minimum Gasteiger partial charge on any atom is -0.465 e. The summed E-state index contributed by atoms with van der Waals surface area (Å²) in [7, 11) is -1.16. The molecule has 8 heteroatoms. The maximum Gasteiger partial charge on any atom is 0.339 e. The molecule has 0 atom stereocenters. The van der Waals surface area contributed by atoms with Crippen molar-refractivity contribution in [1.29, 1.82) is 0 Å². The number of benzene rings is 1. The third-order valence-corrected chi connectivity index (χ3v) is 4.80. The summed E-state index contributed by atoms with van der Waals surface area (Å²) in [5, 5.41) is 6.39. The van der Waals surface area contributed by atoms with E-state index >= 15 is 0 Å². The summed E-state index contributed by atoms with van der Waals surface area (Å²) in [5.74, 6) is -0.689. The lowest BCUT2D eigenvalue weighted by Gasteiger charge is -2.18. The molecular formula is C13H15N3O4S. The highest BCUT2D eigenvalue weighted by atomic mass is 32.2. The number of hydrogen-bond donors (Lipinski definition) is 1. The van der Waals surface area contributed by atoms with E-state index in [1.54, 1.807) is 18.3 Å². The van der Waals surface area contributed by atoms with Crippen LogP contribution in [-0.2, 0) is 21.3 Å². The van der Waals surface area contributed by atoms with Gasteiger partial charge in [0.2, 0.25) is 10.0 Å². The fraction of sp³-hybridized carbons (Fsp3) is 0.231. The second-order valence-electron chi connectivity index (χ2n) is 4.36. The first-order valence-electron chi connectivity index (χ1n) is 6.08. The Hall–Kier alpha value is -2.19. The van der Waals surface area contributed by atoms with Crippen molar-refractivity contribution in [3.63, 3.8) is 0 Å². The Morgan fingerprint density at radius 1 is 1.38 bits per heavy atom. The molecule has 7 nitrogen and oxygen atoms in total. The van der Waals surface area contributed by atoms with E-state index in [1.807, 2.05) is 0 Å². The molecule has 0 aliphatic heterocycles. The van der Waals surface area contributed by atoms with Gasteiger partial charge in [0.05, 0.1) is 23.8 Å². The molecule has 0 saturated heterocycles. The summed E-state index contributed by atoms with van der Waals surface area (Å²) in [5.41, 5.74) is 0.732. The molecule has 0 radical (unpaired) electrons. The predicted octanol–water partition coefficient (Wildman–Crippen LogP) is 1.02. The van der Waals surface area contributed by atoms with Gasteiger partial charge in [0.25, 0.3) is 0 Å². The monoisotopic (exact) mass is 309 g/mol. The lowest BCUT2D eigenvalue weighted by molar-refractivity contribution is 0.0596. The Balaban J connectivity index is 2.37. The molecule has 0 amide bonds. The van der Waals surface area contributed by atoms with Crippen molar-refractivity contribution in [2.24, 2.45) is 0 Å². The first-order valence-corrected chi connectivity index (χ1v) is 7.52. The van der Waals surface area contributed by atoms with Crippen molar-refractivity contribution >= 4 is 16.0 Å². The van der Waals surface area contributed by atoms with Crippen molar-refractivity contribution in [2.45, 2.75) is 11.4 Å². The van der Waals surface area contributed by atoms with Gasteiger partial charge in [-0.05, 0) is 12.1 Å². The highest BCUT2D eigenvalue weighted by molar-refractivity contribution is 7.89. The van der Waals surface area contributed by atoms with E-state index in [2.05, 4.69) is 14.9 Å². The smallest absolute Gasteiger partial charge is 0.339 e. The van der Waals surface area contributed by atoms with E-state index < -0.39 is 16.0 Å². The van der Waals surface area contributed by atoms with Crippen LogP contribution in [0.25, 0.3) is 0 Å². The molecule has 1 N–H and O–H groups in total. The highest BCUT2D eigenvalue weighted by Gasteiger charge is 2.26. The van der Waals surface area contributed by atoms with E-state index in [9.17, 15) is 13.2 Å². The van der Waals surface area contributed by atoms with Crippen molar-refractivity contribution in [3.05, 3.63) is 47.8 Å². The number of hydrogen-bond acceptors (Lipinski definition) is 5. The third kappa shape index (κ3) is 3.11. The van der Waals surface area contributed by atoms with E-state index in [4.69, 9.17) is 0 Å². The summed E-state index contributed by atoms with van der Waals surface area (Å²) in [6, 6.07) is 5.95. The Kier molecular flexibility index (Phi) is 4.39. The van der Waals surface area contributed by atoms with Crippen molar-refractivity contribution in [3.8, 4) is 0 Å². The summed E-state index contributed by atoms with van der Waals surface area (Å²) in [6.07, 6.45) is 3.15. The Labute approximate surface area is 122 Å². The molecule has 0 bridgehead atoms. The molecule has 0 fully saturated rings. The van der Waals surface area contributed by atoms with Crippen molar-refractivity contribution < 1.29 is 17.9 Å². The number of esters is 1. The molecule has 0 aliphatic carbocycles. The lowest BCUT2D eigenvalue weighted by Crippen LogP contribution is -2.28. The molecule has 1 heterocycles. The quantitative estimate of drug-likeness (QED) is 0.832. The number of ether oxygens (including phenoxy) is 1. The Morgan fingerprint density at radius 3 is 2.71 bits per heavy atom. The van der Waals surface area contributed by atoms with Gasteiger partial charge in [-0.2, -0.15) is 9.40 Å². The van der Waals surface area contributed by atoms with E-state index in [0.717, 1.165) is 9.87 Å². The summed E-state index contributed by atoms with van der Waals surface area (Å²) < 4.78 is 30.9. The minimum atomic E-state index is -3.81. The van der Waals surface area contributed by atoms with Crippen LogP contribution in [0.15, 0.2) is 41.6 Å². The predicted molar refractivity (Wildman–Crippen MR) is 75.0 cm³/mol. The second kappa shape index (κ2) is 6.06. The normalized spacial score (nSPS) is 11.6. The van der Waals surface area contributed by atoms with Crippen LogP contribution in [0.4, 0.5) is 0 Å². The Morgan fingerprint density at radius 2 is 2.10 bits per heavy atom. The molecule has 0 aliphatic rings. The van der Waals surface area contributed by atoms with Crippen LogP contribution in [0.1, 0.15) is 15.9 Å². The largest absolute Gasteiger partial charge is 0.465 e. The fourth-order valence-electron chi connectivity index (χ4n) is 1.84. The molecule has 21 heavy (non-hydrogen) atoms. The van der Waals surface area contributed by atoms with Gasteiger partial charge in [-0.15, -0.1) is 0 Å². The molecule has 2 aromatic rings. The summed E-state index contributed by atoms with van der Waals surface area (Å²) >= 11 is 0. The number of H-pyrrole nitrogens is 1. The molecule has 0 unspecified atom stereocenters. The summed E-state index contributed by atoms with van der Waals surface area (Å²) in [6.45, 7) is 0.147. The maximum atomic E-state index is 12.6. The van der Waals surface area contributed by atoms with Crippen LogP contribution in [0.3, 0.4) is 0 Å². The number of methoxy groups -OCH3 is 1. The third-order valence-electron chi connectivity index (χ3n) is 2.94. The first-order chi connectivity index (χ1) is 9.96. The zero-order valence-electron chi connectivity index (χ0n) is 11.6. The van der Waals surface area contributed by atoms with Crippen LogP contribution >= 0.6 is 0 Å². The van der Waals surface area contributed by atoms with Gasteiger partial charge in [-0.3, -0.25) is 5.10 Å². The van der Waals surface area contributed by atoms with Gasteiger partial charge < -0.3 is 4.74 Å². The second-order valence-corrected chi connectivity index (χ2v) is 6.37. The van der Waals surface area contributed by atoms with Crippen molar-refractivity contribution in [1.82, 2.24) is 14.5 Å². The zero-order valence-corrected chi connectivity index (χ0v) is 12.4. The number of rotatable bonds is 5. The number of nitrogens with zero attached hydrogens (tertiary/aromatic N) is 2. The number of sulfonamides is 1. The van der Waals surface area contributed by atoms with Gasteiger partial charge in [0.1, 0.15) is 0 Å². The molecule has 0 saturated carbocycles. The number of aromatic nitrogens is 2. The van der Waals surface area contributed by atoms with Crippen LogP contribution in [0.5, 0.6) is 0 Å². The standard InChI is InChI=1S/C13H15N3O4S/c1-16(9-10-7-14-15-8-10)21(18,19)12-6-4-3-5-11(12)13(17)20-2/h3-8H,9H2,1-2H3,(H,14,15). The van der Waals surface area contributed by atoms with Gasteiger partial charge >= 0.3 is 5.97 Å². The maximum absolute atomic E-state index is 12.6. The molecule has 1 aromatic heterocycles. The van der Waals surface area contributed by atoms with E-state index in [1.165, 1.54) is 32.5 Å². The zero-order chi connectivity index (χ0) is 15.5. The Bertz CT molecular complexity index is 726. The number of carbonyl (C=O) groups excluding carboxylic acids is 1. The topological polar surface area (TPSA) is 92.4 Å².